The summed E-state index contributed by atoms with van der Waals surface area (Å²) in [7, 11) is 0. The molecule has 9 rings (SSSR count). The monoisotopic (exact) mass is 664 g/mol. The van der Waals surface area contributed by atoms with E-state index in [1.54, 1.807) is 0 Å². The maximum Gasteiger partial charge on any atom is 0.319 e. The second kappa shape index (κ2) is 9.67. The van der Waals surface area contributed by atoms with Crippen LogP contribution in [-0.2, 0) is 0 Å². The molecule has 0 aliphatic carbocycles. The van der Waals surface area contributed by atoms with E-state index in [0.29, 0.717) is 54.8 Å². The molecule has 5 aliphatic heterocycles. The lowest BCUT2D eigenvalue weighted by molar-refractivity contribution is 0.107. The highest BCUT2D eigenvalue weighted by atomic mass is 35.5. The number of pyridine rings is 1. The minimum atomic E-state index is -0.932. The molecule has 3 N–H and O–H groups in total. The molecule has 2 bridgehead atoms. The Morgan fingerprint density at radius 3 is 2.89 bits per heavy atom. The van der Waals surface area contributed by atoms with E-state index < -0.39 is 23.3 Å². The third-order valence-electron chi connectivity index (χ3n) is 10.7. The van der Waals surface area contributed by atoms with Crippen molar-refractivity contribution in [1.82, 2.24) is 25.2 Å². The van der Waals surface area contributed by atoms with Gasteiger partial charge in [0.05, 0.1) is 49.2 Å². The third kappa shape index (κ3) is 3.72. The van der Waals surface area contributed by atoms with Crippen LogP contribution in [0.3, 0.4) is 0 Å². The Balaban J connectivity index is 1.29. The van der Waals surface area contributed by atoms with Gasteiger partial charge in [0.1, 0.15) is 35.2 Å². The van der Waals surface area contributed by atoms with Gasteiger partial charge in [0.2, 0.25) is 0 Å². The number of rotatable bonds is 4. The van der Waals surface area contributed by atoms with Gasteiger partial charge in [-0.15, -0.1) is 11.3 Å². The van der Waals surface area contributed by atoms with Crippen LogP contribution in [0.1, 0.15) is 43.2 Å². The molecule has 5 aliphatic rings. The highest BCUT2D eigenvalue weighted by molar-refractivity contribution is 7.23. The molecule has 3 aromatic heterocycles. The minimum Gasteiger partial charge on any atom is -0.461 e. The van der Waals surface area contributed by atoms with E-state index >= 15 is 4.39 Å². The van der Waals surface area contributed by atoms with E-state index in [1.807, 2.05) is 6.07 Å². The van der Waals surface area contributed by atoms with Crippen LogP contribution >= 0.6 is 22.9 Å². The van der Waals surface area contributed by atoms with E-state index in [2.05, 4.69) is 31.7 Å². The van der Waals surface area contributed by atoms with Gasteiger partial charge in [-0.2, -0.15) is 15.2 Å². The molecule has 4 fully saturated rings. The number of nitrogen functional groups attached to an aromatic ring is 1. The maximum absolute atomic E-state index is 17.2. The number of benzene rings is 1. The van der Waals surface area contributed by atoms with Crippen LogP contribution in [0.25, 0.3) is 37.8 Å². The summed E-state index contributed by atoms with van der Waals surface area (Å²) in [5, 5.41) is 14.1. The zero-order valence-electron chi connectivity index (χ0n) is 24.6. The van der Waals surface area contributed by atoms with Crippen molar-refractivity contribution in [3.8, 4) is 23.3 Å². The fraction of sp³-hybridized carbons (Fsp3) is 0.438. The average molecular weight is 665 g/mol. The van der Waals surface area contributed by atoms with Crippen molar-refractivity contribution in [3.05, 3.63) is 40.6 Å². The molecule has 0 amide bonds. The van der Waals surface area contributed by atoms with Crippen LogP contribution in [0.4, 0.5) is 24.0 Å². The van der Waals surface area contributed by atoms with Gasteiger partial charge in [-0.3, -0.25) is 9.88 Å². The number of hydrogen-bond acceptors (Lipinski definition) is 10. The number of alkyl halides is 1. The van der Waals surface area contributed by atoms with Crippen LogP contribution in [0.2, 0.25) is 5.02 Å². The van der Waals surface area contributed by atoms with Crippen LogP contribution < -0.4 is 20.7 Å². The fourth-order valence-corrected chi connectivity index (χ4v) is 10.1. The SMILES string of the molecule is C=C1C[C@@]23CN[C@@H](CN2c2nc(OC[C@@]45CCCN4C[C@H](F)C5)nc4c(F)c(-c5ncc(F)c6sc(N)c(C#N)c56)c(Cl)c1c24)C3. The first-order valence-corrected chi connectivity index (χ1v) is 16.5. The number of ether oxygens (including phenoxy) is 1. The van der Waals surface area contributed by atoms with Gasteiger partial charge in [-0.25, -0.2) is 13.2 Å². The molecule has 9 nitrogen and oxygen atoms in total. The van der Waals surface area contributed by atoms with Gasteiger partial charge in [0.25, 0.3) is 0 Å². The van der Waals surface area contributed by atoms with E-state index in [-0.39, 0.29) is 66.6 Å². The van der Waals surface area contributed by atoms with Crippen LogP contribution in [0.15, 0.2) is 12.8 Å². The number of piperazine rings is 1. The molecule has 0 saturated carbocycles. The Morgan fingerprint density at radius 1 is 1.24 bits per heavy atom. The number of hydrogen-bond donors (Lipinski definition) is 2. The van der Waals surface area contributed by atoms with Gasteiger partial charge in [-0.1, -0.05) is 18.2 Å². The summed E-state index contributed by atoms with van der Waals surface area (Å²) in [6.07, 6.45) is 3.55. The Morgan fingerprint density at radius 2 is 2.09 bits per heavy atom. The summed E-state index contributed by atoms with van der Waals surface area (Å²) in [5.74, 6) is -0.971. The summed E-state index contributed by atoms with van der Waals surface area (Å²) < 4.78 is 53.0. The third-order valence-corrected chi connectivity index (χ3v) is 12.1. The quantitative estimate of drug-likeness (QED) is 0.288. The normalized spacial score (nSPS) is 28.2. The highest BCUT2D eigenvalue weighted by Gasteiger charge is 2.54. The molecule has 0 radical (unpaired) electrons. The Labute approximate surface area is 270 Å². The summed E-state index contributed by atoms with van der Waals surface area (Å²) in [5.41, 5.74) is 6.28. The summed E-state index contributed by atoms with van der Waals surface area (Å²) >= 11 is 8.05. The number of aromatic nitrogens is 3. The van der Waals surface area contributed by atoms with Gasteiger partial charge in [-0.05, 0) is 37.8 Å². The lowest BCUT2D eigenvalue weighted by atomic mass is 9.87. The van der Waals surface area contributed by atoms with Crippen molar-refractivity contribution in [2.24, 2.45) is 0 Å². The number of nitriles is 1. The fourth-order valence-electron chi connectivity index (χ4n) is 8.82. The summed E-state index contributed by atoms with van der Waals surface area (Å²) in [4.78, 5) is 18.2. The zero-order valence-corrected chi connectivity index (χ0v) is 26.2. The Bertz CT molecular complexity index is 2080. The van der Waals surface area contributed by atoms with E-state index in [1.165, 1.54) is 0 Å². The second-order valence-corrected chi connectivity index (χ2v) is 14.7. The number of thiophene rings is 1. The summed E-state index contributed by atoms with van der Waals surface area (Å²) in [6, 6.07) is 2.24. The van der Waals surface area contributed by atoms with E-state index in [0.717, 1.165) is 43.3 Å². The first-order valence-electron chi connectivity index (χ1n) is 15.3. The first-order chi connectivity index (χ1) is 22.1. The zero-order chi connectivity index (χ0) is 31.7. The number of nitrogens with zero attached hydrogens (tertiary/aromatic N) is 6. The maximum atomic E-state index is 17.2. The molecular formula is C32H28ClF3N8OS. The number of nitrogens with two attached hydrogens (primary N) is 1. The number of fused-ring (bicyclic) bond motifs is 4. The van der Waals surface area contributed by atoms with Gasteiger partial charge in [0.15, 0.2) is 11.6 Å². The van der Waals surface area contributed by atoms with Crippen LogP contribution in [0, 0.1) is 23.0 Å². The van der Waals surface area contributed by atoms with Crippen molar-refractivity contribution in [3.63, 3.8) is 0 Å². The van der Waals surface area contributed by atoms with Gasteiger partial charge in [0, 0.05) is 43.0 Å². The van der Waals surface area contributed by atoms with Crippen LogP contribution in [-0.4, -0.2) is 75.9 Å². The molecule has 0 unspecified atom stereocenters. The largest absolute Gasteiger partial charge is 0.461 e. The molecule has 4 aromatic rings. The smallest absolute Gasteiger partial charge is 0.319 e. The molecule has 236 valence electrons. The Hall–Kier alpha value is -3.70. The van der Waals surface area contributed by atoms with E-state index in [4.69, 9.17) is 27.1 Å². The molecule has 14 heteroatoms. The first kappa shape index (κ1) is 28.5. The molecule has 4 atom stereocenters. The highest BCUT2D eigenvalue weighted by Crippen LogP contribution is 2.54. The van der Waals surface area contributed by atoms with Gasteiger partial charge < -0.3 is 20.7 Å². The number of anilines is 2. The number of halogens is 4. The molecule has 1 spiro atoms. The minimum absolute atomic E-state index is 0.000337. The van der Waals surface area contributed by atoms with Crippen molar-refractivity contribution in [2.75, 3.05) is 43.4 Å². The van der Waals surface area contributed by atoms with E-state index in [9.17, 15) is 14.0 Å². The molecule has 4 saturated heterocycles. The van der Waals surface area contributed by atoms with Crippen molar-refractivity contribution in [2.45, 2.75) is 55.4 Å². The Kier molecular flexibility index (Phi) is 5.99. The van der Waals surface area contributed by atoms with Crippen molar-refractivity contribution in [1.29, 1.82) is 5.26 Å². The lowest BCUT2D eigenvalue weighted by Gasteiger charge is -2.39. The molecule has 8 heterocycles. The second-order valence-electron chi connectivity index (χ2n) is 13.3. The molecular weight excluding hydrogens is 637 g/mol. The van der Waals surface area contributed by atoms with Gasteiger partial charge >= 0.3 is 6.01 Å². The topological polar surface area (TPSA) is 116 Å². The van der Waals surface area contributed by atoms with Crippen LogP contribution in [0.5, 0.6) is 6.01 Å². The lowest BCUT2D eigenvalue weighted by Crippen LogP contribution is -2.53. The molecule has 46 heavy (non-hydrogen) atoms. The predicted molar refractivity (Wildman–Crippen MR) is 171 cm³/mol. The van der Waals surface area contributed by atoms with Crippen molar-refractivity contribution < 1.29 is 17.9 Å². The molecule has 1 aromatic carbocycles. The average Bonchev–Trinajstić information content (AvgIpc) is 3.81. The number of nitrogens with one attached hydrogen (secondary N) is 1. The van der Waals surface area contributed by atoms with Crippen molar-refractivity contribution >= 4 is 60.3 Å². The summed E-state index contributed by atoms with van der Waals surface area (Å²) in [6.45, 7) is 7.12. The standard InChI is InChI=1S/C32H28ClF3N8OS/c1-14-5-32-7-16(40-12-32)11-44(32)29-21-19(14)23(33)22(25-20-17(8-37)28(38)46-27(20)18(35)9-39-25)24(36)26(21)41-30(42-29)45-13-31-3-2-4-43(31)10-15(34)6-31/h9,15-16,40H,1-7,10-13,38H2/t15-,16-,31+,32-/m1/s1. The predicted octanol–water partition coefficient (Wildman–Crippen LogP) is 5.58.